The van der Waals surface area contributed by atoms with E-state index in [-0.39, 0.29) is 11.7 Å². The fraction of sp³-hybridized carbons (Fsp3) is 0.714. The van der Waals surface area contributed by atoms with Gasteiger partial charge in [-0.3, -0.25) is 19.2 Å². The molecule has 0 bridgehead atoms. The third-order valence-corrected chi connectivity index (χ3v) is 3.43. The summed E-state index contributed by atoms with van der Waals surface area (Å²) in [5, 5.41) is 15.8. The molecular weight excluding hydrogens is 336 g/mol. The van der Waals surface area contributed by atoms with Gasteiger partial charge in [-0.2, -0.15) is 12.6 Å². The Balaban J connectivity index is 4.76. The molecule has 0 aliphatic carbocycles. The van der Waals surface area contributed by atoms with Crippen LogP contribution in [0.5, 0.6) is 0 Å². The van der Waals surface area contributed by atoms with Crippen LogP contribution in [0.25, 0.3) is 0 Å². The summed E-state index contributed by atoms with van der Waals surface area (Å²) in [6, 6.07) is -2.63. The SMILES string of the molecule is CC(C)CC(NC(=O)C(C)NC(=O)C(N)CS)C(=O)NCC(=O)O. The maximum Gasteiger partial charge on any atom is 0.322 e. The van der Waals surface area contributed by atoms with Crippen LogP contribution in [0.15, 0.2) is 0 Å². The van der Waals surface area contributed by atoms with Gasteiger partial charge < -0.3 is 26.8 Å². The molecule has 6 N–H and O–H groups in total. The first kappa shape index (κ1) is 22.2. The molecule has 0 aromatic heterocycles. The Morgan fingerprint density at radius 2 is 1.62 bits per heavy atom. The van der Waals surface area contributed by atoms with Crippen molar-refractivity contribution in [1.29, 1.82) is 0 Å². The summed E-state index contributed by atoms with van der Waals surface area (Å²) in [5.41, 5.74) is 5.51. The predicted octanol–water partition coefficient (Wildman–Crippen LogP) is -1.52. The molecular formula is C14H26N4O5S. The van der Waals surface area contributed by atoms with Crippen molar-refractivity contribution in [3.05, 3.63) is 0 Å². The Labute approximate surface area is 146 Å². The number of hydrogen-bond donors (Lipinski definition) is 6. The molecule has 138 valence electrons. The molecule has 0 rings (SSSR count). The Bertz CT molecular complexity index is 472. The van der Waals surface area contributed by atoms with Gasteiger partial charge in [0.2, 0.25) is 17.7 Å². The van der Waals surface area contributed by atoms with Gasteiger partial charge in [0.1, 0.15) is 18.6 Å². The van der Waals surface area contributed by atoms with Crippen LogP contribution in [0.3, 0.4) is 0 Å². The Hall–Kier alpha value is -1.81. The van der Waals surface area contributed by atoms with E-state index in [1.54, 1.807) is 0 Å². The smallest absolute Gasteiger partial charge is 0.322 e. The highest BCUT2D eigenvalue weighted by Crippen LogP contribution is 2.05. The number of amides is 3. The molecule has 3 atom stereocenters. The lowest BCUT2D eigenvalue weighted by Crippen LogP contribution is -2.55. The van der Waals surface area contributed by atoms with Crippen LogP contribution >= 0.6 is 12.6 Å². The van der Waals surface area contributed by atoms with Gasteiger partial charge in [0, 0.05) is 5.75 Å². The highest BCUT2D eigenvalue weighted by molar-refractivity contribution is 7.80. The van der Waals surface area contributed by atoms with Crippen LogP contribution in [0, 0.1) is 5.92 Å². The van der Waals surface area contributed by atoms with Crippen molar-refractivity contribution in [3.8, 4) is 0 Å². The van der Waals surface area contributed by atoms with Crippen molar-refractivity contribution in [2.45, 2.75) is 45.3 Å². The third kappa shape index (κ3) is 8.73. The topological polar surface area (TPSA) is 151 Å². The van der Waals surface area contributed by atoms with Crippen LogP contribution in [-0.2, 0) is 19.2 Å². The van der Waals surface area contributed by atoms with E-state index in [0.717, 1.165) is 0 Å². The standard InChI is InChI=1S/C14H26N4O5S/c1-7(2)4-10(14(23)16-5-11(19)20)18-12(21)8(3)17-13(22)9(15)6-24/h7-10,24H,4-6,15H2,1-3H3,(H,16,23)(H,17,22)(H,18,21)(H,19,20). The second-order valence-electron chi connectivity index (χ2n) is 5.82. The number of nitrogens with one attached hydrogen (secondary N) is 3. The fourth-order valence-corrected chi connectivity index (χ4v) is 1.92. The summed E-state index contributed by atoms with van der Waals surface area (Å²) in [7, 11) is 0. The summed E-state index contributed by atoms with van der Waals surface area (Å²) in [5.74, 6) is -2.64. The molecule has 0 aliphatic rings. The average Bonchev–Trinajstić information content (AvgIpc) is 2.50. The second-order valence-corrected chi connectivity index (χ2v) is 6.19. The molecule has 3 amide bonds. The number of carbonyl (C=O) groups excluding carboxylic acids is 3. The summed E-state index contributed by atoms with van der Waals surface area (Å²) < 4.78 is 0. The summed E-state index contributed by atoms with van der Waals surface area (Å²) in [6.07, 6.45) is 0.327. The number of aliphatic carboxylic acids is 1. The quantitative estimate of drug-likeness (QED) is 0.260. The zero-order chi connectivity index (χ0) is 18.9. The third-order valence-electron chi connectivity index (χ3n) is 3.04. The van der Waals surface area contributed by atoms with Gasteiger partial charge in [-0.1, -0.05) is 13.8 Å². The lowest BCUT2D eigenvalue weighted by atomic mass is 10.0. The maximum absolute atomic E-state index is 12.1. The van der Waals surface area contributed by atoms with E-state index in [0.29, 0.717) is 6.42 Å². The van der Waals surface area contributed by atoms with Crippen LogP contribution in [0.2, 0.25) is 0 Å². The molecule has 0 aliphatic heterocycles. The van der Waals surface area contributed by atoms with E-state index in [4.69, 9.17) is 10.8 Å². The van der Waals surface area contributed by atoms with Crippen LogP contribution in [0.1, 0.15) is 27.2 Å². The van der Waals surface area contributed by atoms with Gasteiger partial charge in [-0.15, -0.1) is 0 Å². The lowest BCUT2D eigenvalue weighted by Gasteiger charge is -2.22. The molecule has 0 aromatic carbocycles. The van der Waals surface area contributed by atoms with Gasteiger partial charge in [-0.25, -0.2) is 0 Å². The van der Waals surface area contributed by atoms with E-state index in [2.05, 4.69) is 28.6 Å². The number of nitrogens with two attached hydrogens (primary N) is 1. The number of carboxylic acids is 1. The molecule has 0 heterocycles. The average molecular weight is 362 g/mol. The summed E-state index contributed by atoms with van der Waals surface area (Å²) in [4.78, 5) is 46.3. The molecule has 0 radical (unpaired) electrons. The first-order chi connectivity index (χ1) is 11.1. The van der Waals surface area contributed by atoms with Gasteiger partial charge in [-0.05, 0) is 19.3 Å². The Morgan fingerprint density at radius 3 is 2.08 bits per heavy atom. The molecule has 0 spiro atoms. The van der Waals surface area contributed by atoms with E-state index < -0.39 is 48.4 Å². The van der Waals surface area contributed by atoms with Crippen LogP contribution in [0.4, 0.5) is 0 Å². The van der Waals surface area contributed by atoms with E-state index in [9.17, 15) is 19.2 Å². The molecule has 10 heteroatoms. The monoisotopic (exact) mass is 362 g/mol. The Morgan fingerprint density at radius 1 is 1.04 bits per heavy atom. The van der Waals surface area contributed by atoms with E-state index >= 15 is 0 Å². The van der Waals surface area contributed by atoms with Crippen molar-refractivity contribution < 1.29 is 24.3 Å². The highest BCUT2D eigenvalue weighted by Gasteiger charge is 2.26. The first-order valence-electron chi connectivity index (χ1n) is 7.55. The second kappa shape index (κ2) is 10.9. The highest BCUT2D eigenvalue weighted by atomic mass is 32.1. The molecule has 0 saturated heterocycles. The minimum absolute atomic E-state index is 0.0911. The molecule has 0 saturated carbocycles. The fourth-order valence-electron chi connectivity index (χ4n) is 1.75. The van der Waals surface area contributed by atoms with Gasteiger partial charge in [0.15, 0.2) is 0 Å². The van der Waals surface area contributed by atoms with Crippen LogP contribution < -0.4 is 21.7 Å². The maximum atomic E-state index is 12.1. The van der Waals surface area contributed by atoms with E-state index in [1.807, 2.05) is 13.8 Å². The van der Waals surface area contributed by atoms with Crippen molar-refractivity contribution >= 4 is 36.3 Å². The number of hydrogen-bond acceptors (Lipinski definition) is 6. The predicted molar refractivity (Wildman–Crippen MR) is 91.5 cm³/mol. The zero-order valence-electron chi connectivity index (χ0n) is 14.0. The zero-order valence-corrected chi connectivity index (χ0v) is 14.9. The van der Waals surface area contributed by atoms with Crippen molar-refractivity contribution in [3.63, 3.8) is 0 Å². The molecule has 0 aromatic rings. The van der Waals surface area contributed by atoms with Crippen molar-refractivity contribution in [1.82, 2.24) is 16.0 Å². The number of rotatable bonds is 10. The molecule has 0 fully saturated rings. The minimum Gasteiger partial charge on any atom is -0.480 e. The van der Waals surface area contributed by atoms with E-state index in [1.165, 1.54) is 6.92 Å². The molecule has 3 unspecified atom stereocenters. The van der Waals surface area contributed by atoms with Crippen LogP contribution in [-0.4, -0.2) is 59.2 Å². The molecule has 24 heavy (non-hydrogen) atoms. The summed E-state index contributed by atoms with van der Waals surface area (Å²) in [6.45, 7) is 4.65. The normalized spacial score (nSPS) is 14.4. The van der Waals surface area contributed by atoms with Gasteiger partial charge in [0.25, 0.3) is 0 Å². The van der Waals surface area contributed by atoms with Gasteiger partial charge >= 0.3 is 5.97 Å². The number of thiol groups is 1. The largest absolute Gasteiger partial charge is 0.480 e. The lowest BCUT2D eigenvalue weighted by molar-refractivity contribution is -0.138. The number of carboxylic acid groups (broad SMARTS) is 1. The summed E-state index contributed by atoms with van der Waals surface area (Å²) >= 11 is 3.90. The Kier molecular flexibility index (Phi) is 10.0. The minimum atomic E-state index is -1.18. The molecule has 9 nitrogen and oxygen atoms in total. The van der Waals surface area contributed by atoms with Crippen molar-refractivity contribution in [2.24, 2.45) is 11.7 Å². The van der Waals surface area contributed by atoms with Gasteiger partial charge in [0.05, 0.1) is 6.04 Å². The first-order valence-corrected chi connectivity index (χ1v) is 8.18. The number of carbonyl (C=O) groups is 4. The van der Waals surface area contributed by atoms with Crippen molar-refractivity contribution in [2.75, 3.05) is 12.3 Å².